The minimum absolute atomic E-state index is 0.250. The van der Waals surface area contributed by atoms with Crippen LogP contribution in [-0.4, -0.2) is 21.0 Å². The smallest absolute Gasteiger partial charge is 0.335 e. The number of carbonyl (C=O) groups is 1. The number of rotatable bonds is 2. The summed E-state index contributed by atoms with van der Waals surface area (Å²) in [5.41, 5.74) is 3.82. The van der Waals surface area contributed by atoms with Crippen LogP contribution in [0.15, 0.2) is 40.9 Å². The Hall–Kier alpha value is -2.14. The van der Waals surface area contributed by atoms with Crippen molar-refractivity contribution in [2.75, 3.05) is 0 Å². The second kappa shape index (κ2) is 4.76. The average Bonchev–Trinajstić information content (AvgIpc) is 2.84. The van der Waals surface area contributed by atoms with Crippen molar-refractivity contribution in [1.82, 2.24) is 9.97 Å². The van der Waals surface area contributed by atoms with Gasteiger partial charge in [0.1, 0.15) is 5.82 Å². The van der Waals surface area contributed by atoms with Crippen LogP contribution in [-0.2, 0) is 0 Å². The Morgan fingerprint density at radius 1 is 1.25 bits per heavy atom. The van der Waals surface area contributed by atoms with Crippen molar-refractivity contribution in [3.05, 3.63) is 52.0 Å². The van der Waals surface area contributed by atoms with Crippen LogP contribution >= 0.6 is 15.9 Å². The highest BCUT2D eigenvalue weighted by Gasteiger charge is 2.09. The molecule has 0 saturated carbocycles. The van der Waals surface area contributed by atoms with Crippen LogP contribution in [0.5, 0.6) is 0 Å². The number of benzene rings is 2. The molecular weight excluding hydrogens is 320 g/mol. The van der Waals surface area contributed by atoms with Crippen LogP contribution in [0.4, 0.5) is 0 Å². The molecule has 3 aromatic rings. The third-order valence-corrected chi connectivity index (χ3v) is 4.05. The topological polar surface area (TPSA) is 66.0 Å². The minimum Gasteiger partial charge on any atom is -0.478 e. The molecular formula is C15H11BrN2O2. The minimum atomic E-state index is -0.942. The number of hydrogen-bond acceptors (Lipinski definition) is 2. The standard InChI is InChI=1S/C15H11BrN2O2/c1-8-6-9(2-4-11(8)16)14-17-12-5-3-10(15(19)20)7-13(12)18-14/h2-7H,1H3,(H,17,18)(H,19,20). The summed E-state index contributed by atoms with van der Waals surface area (Å²) in [4.78, 5) is 18.6. The molecule has 0 radical (unpaired) electrons. The largest absolute Gasteiger partial charge is 0.478 e. The number of halogens is 1. The molecule has 2 N–H and O–H groups in total. The summed E-state index contributed by atoms with van der Waals surface area (Å²) in [5, 5.41) is 9.00. The van der Waals surface area contributed by atoms with Crippen LogP contribution in [0.1, 0.15) is 15.9 Å². The number of nitrogens with one attached hydrogen (secondary N) is 1. The molecule has 0 aliphatic carbocycles. The van der Waals surface area contributed by atoms with E-state index < -0.39 is 5.97 Å². The second-order valence-corrected chi connectivity index (χ2v) is 5.44. The van der Waals surface area contributed by atoms with Gasteiger partial charge >= 0.3 is 5.97 Å². The predicted octanol–water partition coefficient (Wildman–Crippen LogP) is 4.00. The summed E-state index contributed by atoms with van der Waals surface area (Å²) in [5.74, 6) is -0.208. The predicted molar refractivity (Wildman–Crippen MR) is 80.9 cm³/mol. The molecule has 0 aliphatic rings. The molecule has 2 aromatic carbocycles. The van der Waals surface area contributed by atoms with Gasteiger partial charge in [-0.3, -0.25) is 0 Å². The van der Waals surface area contributed by atoms with Crippen LogP contribution < -0.4 is 0 Å². The first-order valence-electron chi connectivity index (χ1n) is 6.04. The molecule has 1 heterocycles. The number of aryl methyl sites for hydroxylation is 1. The lowest BCUT2D eigenvalue weighted by Gasteiger charge is -2.00. The summed E-state index contributed by atoms with van der Waals surface area (Å²) >= 11 is 3.47. The maximum atomic E-state index is 11.0. The zero-order chi connectivity index (χ0) is 14.3. The Morgan fingerprint density at radius 3 is 2.75 bits per heavy atom. The number of aromatic nitrogens is 2. The number of hydrogen-bond donors (Lipinski definition) is 2. The Balaban J connectivity index is 2.12. The first-order chi connectivity index (χ1) is 9.54. The van der Waals surface area contributed by atoms with E-state index in [0.717, 1.165) is 32.5 Å². The molecule has 20 heavy (non-hydrogen) atoms. The van der Waals surface area contributed by atoms with Gasteiger partial charge < -0.3 is 10.1 Å². The van der Waals surface area contributed by atoms with Crippen LogP contribution in [0.3, 0.4) is 0 Å². The molecule has 0 amide bonds. The molecule has 5 heteroatoms. The van der Waals surface area contributed by atoms with Crippen molar-refractivity contribution in [2.24, 2.45) is 0 Å². The lowest BCUT2D eigenvalue weighted by molar-refractivity contribution is 0.0697. The number of aromatic carboxylic acids is 1. The summed E-state index contributed by atoms with van der Waals surface area (Å²) in [6, 6.07) is 10.8. The van der Waals surface area contributed by atoms with Gasteiger partial charge in [0.05, 0.1) is 16.6 Å². The molecule has 0 aliphatic heterocycles. The van der Waals surface area contributed by atoms with Gasteiger partial charge in [0.2, 0.25) is 0 Å². The average molecular weight is 331 g/mol. The third kappa shape index (κ3) is 2.20. The molecule has 100 valence electrons. The fourth-order valence-electron chi connectivity index (χ4n) is 2.07. The van der Waals surface area contributed by atoms with Crippen LogP contribution in [0.25, 0.3) is 22.4 Å². The molecule has 0 atom stereocenters. The van der Waals surface area contributed by atoms with Gasteiger partial charge in [-0.2, -0.15) is 0 Å². The van der Waals surface area contributed by atoms with E-state index in [2.05, 4.69) is 25.9 Å². The molecule has 3 rings (SSSR count). The highest BCUT2D eigenvalue weighted by Crippen LogP contribution is 2.25. The number of nitrogens with zero attached hydrogens (tertiary/aromatic N) is 1. The molecule has 0 spiro atoms. The Bertz CT molecular complexity index is 824. The van der Waals surface area contributed by atoms with Crippen molar-refractivity contribution in [3.63, 3.8) is 0 Å². The van der Waals surface area contributed by atoms with Gasteiger partial charge in [-0.15, -0.1) is 0 Å². The first kappa shape index (κ1) is 12.9. The fourth-order valence-corrected chi connectivity index (χ4v) is 2.32. The van der Waals surface area contributed by atoms with E-state index >= 15 is 0 Å². The van der Waals surface area contributed by atoms with Gasteiger partial charge in [-0.1, -0.05) is 22.0 Å². The number of imidazole rings is 1. The highest BCUT2D eigenvalue weighted by atomic mass is 79.9. The van der Waals surface area contributed by atoms with E-state index in [9.17, 15) is 4.79 Å². The lowest BCUT2D eigenvalue weighted by Crippen LogP contribution is -1.94. The maximum absolute atomic E-state index is 11.0. The van der Waals surface area contributed by atoms with Crippen molar-refractivity contribution in [2.45, 2.75) is 6.92 Å². The Kier molecular flexibility index (Phi) is 3.06. The summed E-state index contributed by atoms with van der Waals surface area (Å²) in [6.45, 7) is 2.01. The van der Waals surface area contributed by atoms with Crippen molar-refractivity contribution >= 4 is 32.9 Å². The summed E-state index contributed by atoms with van der Waals surface area (Å²) in [6.07, 6.45) is 0. The van der Waals surface area contributed by atoms with E-state index in [1.807, 2.05) is 25.1 Å². The zero-order valence-corrected chi connectivity index (χ0v) is 12.2. The number of carboxylic acids is 1. The molecule has 0 unspecified atom stereocenters. The fraction of sp³-hybridized carbons (Fsp3) is 0.0667. The number of carboxylic acid groups (broad SMARTS) is 1. The van der Waals surface area contributed by atoms with Crippen molar-refractivity contribution < 1.29 is 9.90 Å². The van der Waals surface area contributed by atoms with E-state index in [0.29, 0.717) is 0 Å². The number of aromatic amines is 1. The van der Waals surface area contributed by atoms with Crippen LogP contribution in [0.2, 0.25) is 0 Å². The van der Waals surface area contributed by atoms with E-state index in [1.165, 1.54) is 0 Å². The number of fused-ring (bicyclic) bond motifs is 1. The van der Waals surface area contributed by atoms with Crippen LogP contribution in [0, 0.1) is 6.92 Å². The van der Waals surface area contributed by atoms with E-state index in [1.54, 1.807) is 18.2 Å². The molecule has 0 fully saturated rings. The first-order valence-corrected chi connectivity index (χ1v) is 6.83. The molecule has 0 bridgehead atoms. The second-order valence-electron chi connectivity index (χ2n) is 4.59. The zero-order valence-electron chi connectivity index (χ0n) is 10.6. The normalized spacial score (nSPS) is 10.9. The summed E-state index contributed by atoms with van der Waals surface area (Å²) < 4.78 is 1.05. The highest BCUT2D eigenvalue weighted by molar-refractivity contribution is 9.10. The molecule has 4 nitrogen and oxygen atoms in total. The van der Waals surface area contributed by atoms with E-state index in [-0.39, 0.29) is 5.56 Å². The lowest BCUT2D eigenvalue weighted by atomic mass is 10.1. The monoisotopic (exact) mass is 330 g/mol. The third-order valence-electron chi connectivity index (χ3n) is 3.16. The number of H-pyrrole nitrogens is 1. The SMILES string of the molecule is Cc1cc(-c2nc3ccc(C(=O)O)cc3[nH]2)ccc1Br. The van der Waals surface area contributed by atoms with Gasteiger partial charge in [0.25, 0.3) is 0 Å². The summed E-state index contributed by atoms with van der Waals surface area (Å²) in [7, 11) is 0. The van der Waals surface area contributed by atoms with Gasteiger partial charge in [0.15, 0.2) is 0 Å². The van der Waals surface area contributed by atoms with E-state index in [4.69, 9.17) is 5.11 Å². The van der Waals surface area contributed by atoms with Gasteiger partial charge in [-0.25, -0.2) is 9.78 Å². The van der Waals surface area contributed by atoms with Crippen molar-refractivity contribution in [3.8, 4) is 11.4 Å². The van der Waals surface area contributed by atoms with Gasteiger partial charge in [-0.05, 0) is 42.8 Å². The van der Waals surface area contributed by atoms with Crippen molar-refractivity contribution in [1.29, 1.82) is 0 Å². The Labute approximate surface area is 123 Å². The molecule has 0 saturated heterocycles. The molecule has 1 aromatic heterocycles. The quantitative estimate of drug-likeness (QED) is 0.746. The maximum Gasteiger partial charge on any atom is 0.335 e. The van der Waals surface area contributed by atoms with Gasteiger partial charge in [0, 0.05) is 10.0 Å². The Morgan fingerprint density at radius 2 is 2.05 bits per heavy atom.